The van der Waals surface area contributed by atoms with Crippen LogP contribution in [0.3, 0.4) is 0 Å². The van der Waals surface area contributed by atoms with Gasteiger partial charge in [-0.25, -0.2) is 9.97 Å². The fourth-order valence-electron chi connectivity index (χ4n) is 4.13. The molecule has 2 aromatic rings. The molecule has 4 heterocycles. The van der Waals surface area contributed by atoms with Crippen LogP contribution < -0.4 is 4.90 Å². The first kappa shape index (κ1) is 17.1. The smallest absolute Gasteiger partial charge is 0.232 e. The van der Waals surface area contributed by atoms with Crippen LogP contribution in [0.2, 0.25) is 0 Å². The summed E-state index contributed by atoms with van der Waals surface area (Å²) in [4.78, 5) is 30.1. The Morgan fingerprint density at radius 2 is 2.15 bits per heavy atom. The summed E-state index contributed by atoms with van der Waals surface area (Å²) in [6.07, 6.45) is 6.34. The Hall–Kier alpha value is -2.34. The second-order valence-corrected chi connectivity index (χ2v) is 7.80. The number of pyridine rings is 1. The Labute approximate surface area is 154 Å². The molecule has 4 rings (SSSR count). The lowest BCUT2D eigenvalue weighted by molar-refractivity contribution is -0.117. The van der Waals surface area contributed by atoms with E-state index in [0.717, 1.165) is 55.4 Å². The van der Waals surface area contributed by atoms with Gasteiger partial charge in [-0.3, -0.25) is 19.6 Å². The van der Waals surface area contributed by atoms with Crippen molar-refractivity contribution in [2.45, 2.75) is 45.1 Å². The number of nitrogens with zero attached hydrogens (tertiary/aromatic N) is 5. The molecule has 0 saturated carbocycles. The van der Waals surface area contributed by atoms with Crippen LogP contribution in [0, 0.1) is 6.92 Å². The molecule has 0 unspecified atom stereocenters. The van der Waals surface area contributed by atoms with Crippen molar-refractivity contribution in [1.82, 2.24) is 19.9 Å². The first-order valence-corrected chi connectivity index (χ1v) is 9.22. The Bertz CT molecular complexity index is 838. The van der Waals surface area contributed by atoms with Gasteiger partial charge in [0, 0.05) is 49.2 Å². The van der Waals surface area contributed by atoms with Gasteiger partial charge in [0.2, 0.25) is 5.91 Å². The van der Waals surface area contributed by atoms with Gasteiger partial charge in [-0.05, 0) is 37.9 Å². The molecule has 0 N–H and O–H groups in total. The summed E-state index contributed by atoms with van der Waals surface area (Å²) >= 11 is 0. The summed E-state index contributed by atoms with van der Waals surface area (Å²) in [5.74, 6) is 1.76. The monoisotopic (exact) mass is 351 g/mol. The van der Waals surface area contributed by atoms with Crippen molar-refractivity contribution in [3.05, 3.63) is 47.2 Å². The predicted octanol–water partition coefficient (Wildman–Crippen LogP) is 2.25. The molecule has 1 amide bonds. The molecule has 2 aromatic heterocycles. The normalized spacial score (nSPS) is 23.3. The number of aromatic nitrogens is 3. The van der Waals surface area contributed by atoms with E-state index in [9.17, 15) is 4.79 Å². The predicted molar refractivity (Wildman–Crippen MR) is 100.0 cm³/mol. The molecular weight excluding hydrogens is 326 g/mol. The number of likely N-dealkylation sites (N-methyl/N-ethyl adjacent to an activating group) is 1. The first-order valence-electron chi connectivity index (χ1n) is 9.22. The summed E-state index contributed by atoms with van der Waals surface area (Å²) < 4.78 is 0. The molecule has 6 heteroatoms. The molecule has 0 aromatic carbocycles. The Balaban J connectivity index is 1.61. The average Bonchev–Trinajstić information content (AvgIpc) is 2.91. The number of carbonyl (C=O) groups excluding carboxylic acids is 1. The van der Waals surface area contributed by atoms with Crippen LogP contribution in [0.25, 0.3) is 0 Å². The van der Waals surface area contributed by atoms with Crippen LogP contribution in [-0.2, 0) is 23.2 Å². The SMILES string of the molecule is Cc1nc([C@]2(C)CCCN(Cc3cccnc3)C2)nc2c1CC(=O)N2C. The van der Waals surface area contributed by atoms with Crippen molar-refractivity contribution >= 4 is 11.7 Å². The summed E-state index contributed by atoms with van der Waals surface area (Å²) in [7, 11) is 1.81. The first-order chi connectivity index (χ1) is 12.5. The molecule has 0 radical (unpaired) electrons. The van der Waals surface area contributed by atoms with Gasteiger partial charge in [0.25, 0.3) is 0 Å². The lowest BCUT2D eigenvalue weighted by atomic mass is 9.80. The summed E-state index contributed by atoms with van der Waals surface area (Å²) in [5, 5.41) is 0. The highest BCUT2D eigenvalue weighted by Crippen LogP contribution is 2.36. The maximum Gasteiger partial charge on any atom is 0.232 e. The largest absolute Gasteiger partial charge is 0.299 e. The third kappa shape index (κ3) is 2.98. The number of likely N-dealkylation sites (tertiary alicyclic amines) is 1. The topological polar surface area (TPSA) is 62.2 Å². The number of amides is 1. The van der Waals surface area contributed by atoms with E-state index < -0.39 is 0 Å². The number of aryl methyl sites for hydroxylation is 1. The van der Waals surface area contributed by atoms with Crippen molar-refractivity contribution in [3.8, 4) is 0 Å². The van der Waals surface area contributed by atoms with E-state index in [-0.39, 0.29) is 11.3 Å². The summed E-state index contributed by atoms with van der Waals surface area (Å²) in [6.45, 7) is 7.13. The minimum Gasteiger partial charge on any atom is -0.299 e. The van der Waals surface area contributed by atoms with Crippen molar-refractivity contribution in [2.24, 2.45) is 0 Å². The van der Waals surface area contributed by atoms with E-state index in [4.69, 9.17) is 9.97 Å². The average molecular weight is 351 g/mol. The number of hydrogen-bond donors (Lipinski definition) is 0. The Morgan fingerprint density at radius 3 is 2.92 bits per heavy atom. The molecule has 0 aliphatic carbocycles. The van der Waals surface area contributed by atoms with E-state index in [1.54, 1.807) is 4.90 Å². The lowest BCUT2D eigenvalue weighted by Crippen LogP contribution is -2.45. The van der Waals surface area contributed by atoms with Crippen molar-refractivity contribution < 1.29 is 4.79 Å². The zero-order valence-electron chi connectivity index (χ0n) is 15.7. The third-order valence-corrected chi connectivity index (χ3v) is 5.66. The molecule has 136 valence electrons. The standard InChI is InChI=1S/C20H25N5O/c1-14-16-10-17(26)24(3)18(16)23-19(22-14)20(2)7-5-9-25(13-20)12-15-6-4-8-21-11-15/h4,6,8,11H,5,7,9-10,12-13H2,1-3H3/t20-/m1/s1. The van der Waals surface area contributed by atoms with E-state index in [0.29, 0.717) is 6.42 Å². The van der Waals surface area contributed by atoms with E-state index in [1.165, 1.54) is 5.56 Å². The fraction of sp³-hybridized carbons (Fsp3) is 0.500. The van der Waals surface area contributed by atoms with Crippen molar-refractivity contribution in [2.75, 3.05) is 25.0 Å². The van der Waals surface area contributed by atoms with E-state index >= 15 is 0 Å². The van der Waals surface area contributed by atoms with Crippen LogP contribution in [0.1, 0.15) is 42.4 Å². The van der Waals surface area contributed by atoms with Gasteiger partial charge in [-0.15, -0.1) is 0 Å². The second kappa shape index (κ2) is 6.43. The molecule has 1 fully saturated rings. The van der Waals surface area contributed by atoms with Crippen LogP contribution >= 0.6 is 0 Å². The van der Waals surface area contributed by atoms with Crippen LogP contribution in [0.4, 0.5) is 5.82 Å². The molecule has 6 nitrogen and oxygen atoms in total. The highest BCUT2D eigenvalue weighted by Gasteiger charge is 2.38. The van der Waals surface area contributed by atoms with Crippen molar-refractivity contribution in [3.63, 3.8) is 0 Å². The molecular formula is C20H25N5O. The molecule has 2 aliphatic heterocycles. The number of fused-ring (bicyclic) bond motifs is 1. The number of anilines is 1. The highest BCUT2D eigenvalue weighted by molar-refractivity contribution is 5.99. The van der Waals surface area contributed by atoms with E-state index in [2.05, 4.69) is 22.9 Å². The maximum absolute atomic E-state index is 12.0. The van der Waals surface area contributed by atoms with Crippen LogP contribution in [0.15, 0.2) is 24.5 Å². The summed E-state index contributed by atoms with van der Waals surface area (Å²) in [5.41, 5.74) is 3.04. The Kier molecular flexibility index (Phi) is 4.23. The molecule has 1 atom stereocenters. The minimum absolute atomic E-state index is 0.0987. The quantitative estimate of drug-likeness (QED) is 0.849. The van der Waals surface area contributed by atoms with Gasteiger partial charge in [-0.2, -0.15) is 0 Å². The number of rotatable bonds is 3. The van der Waals surface area contributed by atoms with Gasteiger partial charge in [0.05, 0.1) is 6.42 Å². The molecule has 1 saturated heterocycles. The number of piperidine rings is 1. The molecule has 2 aliphatic rings. The van der Waals surface area contributed by atoms with Gasteiger partial charge in [0.15, 0.2) is 0 Å². The van der Waals surface area contributed by atoms with Gasteiger partial charge >= 0.3 is 0 Å². The van der Waals surface area contributed by atoms with Crippen LogP contribution in [-0.4, -0.2) is 45.9 Å². The molecule has 0 bridgehead atoms. The van der Waals surface area contributed by atoms with Crippen LogP contribution in [0.5, 0.6) is 0 Å². The lowest BCUT2D eigenvalue weighted by Gasteiger charge is -2.39. The number of hydrogen-bond acceptors (Lipinski definition) is 5. The summed E-state index contributed by atoms with van der Waals surface area (Å²) in [6, 6.07) is 4.11. The number of carbonyl (C=O) groups is 1. The zero-order valence-corrected chi connectivity index (χ0v) is 15.7. The molecule has 0 spiro atoms. The molecule has 26 heavy (non-hydrogen) atoms. The van der Waals surface area contributed by atoms with Gasteiger partial charge in [0.1, 0.15) is 11.6 Å². The van der Waals surface area contributed by atoms with Gasteiger partial charge in [-0.1, -0.05) is 13.0 Å². The van der Waals surface area contributed by atoms with E-state index in [1.807, 2.05) is 32.4 Å². The zero-order chi connectivity index (χ0) is 18.3. The van der Waals surface area contributed by atoms with Gasteiger partial charge < -0.3 is 0 Å². The Morgan fingerprint density at radius 1 is 1.31 bits per heavy atom. The maximum atomic E-state index is 12.0. The van der Waals surface area contributed by atoms with Crippen molar-refractivity contribution in [1.29, 1.82) is 0 Å². The highest BCUT2D eigenvalue weighted by atomic mass is 16.2. The minimum atomic E-state index is -0.104. The fourth-order valence-corrected chi connectivity index (χ4v) is 4.13. The third-order valence-electron chi connectivity index (χ3n) is 5.66. The second-order valence-electron chi connectivity index (χ2n) is 7.80.